The number of carbonyl (C=O) groups is 3. The highest BCUT2D eigenvalue weighted by Crippen LogP contribution is 2.18. The van der Waals surface area contributed by atoms with Gasteiger partial charge in [0.05, 0.1) is 6.42 Å². The fraction of sp³-hybridized carbons (Fsp3) is 0.286. The molecule has 3 amide bonds. The summed E-state index contributed by atoms with van der Waals surface area (Å²) in [6.07, 6.45) is -0.120. The summed E-state index contributed by atoms with van der Waals surface area (Å²) in [6, 6.07) is 6.47. The van der Waals surface area contributed by atoms with Crippen molar-refractivity contribution < 1.29 is 23.6 Å². The number of amides is 3. The molecule has 8 heteroatoms. The van der Waals surface area contributed by atoms with Gasteiger partial charge in [0, 0.05) is 11.9 Å². The van der Waals surface area contributed by atoms with Crippen molar-refractivity contribution in [3.05, 3.63) is 30.0 Å². The Kier molecular flexibility index (Phi) is 5.07. The molecule has 0 aliphatic heterocycles. The van der Waals surface area contributed by atoms with Gasteiger partial charge in [-0.3, -0.25) is 14.9 Å². The van der Waals surface area contributed by atoms with E-state index in [1.807, 2.05) is 5.32 Å². The zero-order valence-electron chi connectivity index (χ0n) is 11.9. The lowest BCUT2D eigenvalue weighted by Crippen LogP contribution is -2.41. The predicted molar refractivity (Wildman–Crippen MR) is 75.9 cm³/mol. The first-order valence-electron chi connectivity index (χ1n) is 6.66. The summed E-state index contributed by atoms with van der Waals surface area (Å²) in [7, 11) is 0. The van der Waals surface area contributed by atoms with Crippen LogP contribution in [0.4, 0.5) is 4.79 Å². The predicted octanol–water partition coefficient (Wildman–Crippen LogP) is 0.759. The van der Waals surface area contributed by atoms with Gasteiger partial charge in [0.25, 0.3) is 5.91 Å². The molecule has 0 radical (unpaired) electrons. The molecule has 0 bridgehead atoms. The monoisotopic (exact) mass is 305 g/mol. The van der Waals surface area contributed by atoms with Crippen molar-refractivity contribution in [1.29, 1.82) is 0 Å². The first-order chi connectivity index (χ1) is 10.6. The number of imide groups is 1. The second-order valence-corrected chi connectivity index (χ2v) is 4.37. The fourth-order valence-corrected chi connectivity index (χ4v) is 1.77. The summed E-state index contributed by atoms with van der Waals surface area (Å²) >= 11 is 0. The van der Waals surface area contributed by atoms with Gasteiger partial charge in [-0.1, -0.05) is 17.3 Å². The fourth-order valence-electron chi connectivity index (χ4n) is 1.77. The molecule has 1 heterocycles. The van der Waals surface area contributed by atoms with Crippen LogP contribution in [-0.2, 0) is 20.7 Å². The molecule has 0 saturated carbocycles. The third-order valence-electron chi connectivity index (χ3n) is 2.72. The van der Waals surface area contributed by atoms with Gasteiger partial charge in [0.1, 0.15) is 5.69 Å². The largest absolute Gasteiger partial charge is 0.455 e. The maximum Gasteiger partial charge on any atom is 0.321 e. The summed E-state index contributed by atoms with van der Waals surface area (Å²) in [5, 5.41) is 8.92. The van der Waals surface area contributed by atoms with Crippen molar-refractivity contribution >= 4 is 28.9 Å². The molecule has 2 N–H and O–H groups in total. The second kappa shape index (κ2) is 7.21. The van der Waals surface area contributed by atoms with Crippen LogP contribution in [0.25, 0.3) is 11.0 Å². The first kappa shape index (κ1) is 15.5. The molecule has 0 fully saturated rings. The molecule has 0 aliphatic carbocycles. The molecule has 2 aromatic rings. The SMILES string of the molecule is CCNC(=O)NC(=O)COC(=O)Cc1noc2ccccc12. The quantitative estimate of drug-likeness (QED) is 0.789. The van der Waals surface area contributed by atoms with Crippen LogP contribution in [-0.4, -0.2) is 36.2 Å². The molecule has 1 aromatic heterocycles. The summed E-state index contributed by atoms with van der Waals surface area (Å²) in [5.74, 6) is -1.34. The topological polar surface area (TPSA) is 111 Å². The maximum atomic E-state index is 11.7. The van der Waals surface area contributed by atoms with E-state index in [0.717, 1.165) is 0 Å². The van der Waals surface area contributed by atoms with Gasteiger partial charge in [-0.15, -0.1) is 0 Å². The molecule has 0 spiro atoms. The van der Waals surface area contributed by atoms with Crippen LogP contribution >= 0.6 is 0 Å². The van der Waals surface area contributed by atoms with Crippen LogP contribution in [0.2, 0.25) is 0 Å². The van der Waals surface area contributed by atoms with E-state index in [1.165, 1.54) is 0 Å². The number of carbonyl (C=O) groups excluding carboxylic acids is 3. The van der Waals surface area contributed by atoms with Crippen LogP contribution in [0, 0.1) is 0 Å². The number of hydrogen-bond acceptors (Lipinski definition) is 6. The Morgan fingerprint density at radius 2 is 2.05 bits per heavy atom. The highest BCUT2D eigenvalue weighted by atomic mass is 16.5. The molecule has 8 nitrogen and oxygen atoms in total. The molecule has 2 rings (SSSR count). The van der Waals surface area contributed by atoms with Crippen molar-refractivity contribution in [2.45, 2.75) is 13.3 Å². The van der Waals surface area contributed by atoms with E-state index in [-0.39, 0.29) is 6.42 Å². The highest BCUT2D eigenvalue weighted by molar-refractivity contribution is 5.95. The number of aromatic nitrogens is 1. The lowest BCUT2D eigenvalue weighted by Gasteiger charge is -2.05. The molecule has 0 atom stereocenters. The first-order valence-corrected chi connectivity index (χ1v) is 6.66. The minimum absolute atomic E-state index is 0.120. The second-order valence-electron chi connectivity index (χ2n) is 4.37. The smallest absolute Gasteiger partial charge is 0.321 e. The summed E-state index contributed by atoms with van der Waals surface area (Å²) in [4.78, 5) is 34.1. The number of rotatable bonds is 5. The molecule has 116 valence electrons. The third kappa shape index (κ3) is 4.05. The van der Waals surface area contributed by atoms with E-state index in [2.05, 4.69) is 10.5 Å². The number of hydrogen-bond donors (Lipinski definition) is 2. The van der Waals surface area contributed by atoms with Gasteiger partial charge < -0.3 is 14.6 Å². The van der Waals surface area contributed by atoms with Gasteiger partial charge in [-0.25, -0.2) is 4.79 Å². The molecular weight excluding hydrogens is 290 g/mol. The number of urea groups is 1. The number of benzene rings is 1. The van der Waals surface area contributed by atoms with E-state index in [9.17, 15) is 14.4 Å². The standard InChI is InChI=1S/C14H15N3O5/c1-2-15-14(20)16-12(18)8-21-13(19)7-10-9-5-3-4-6-11(9)22-17-10/h3-6H,2,7-8H2,1H3,(H2,15,16,18,20). The molecular formula is C14H15N3O5. The van der Waals surface area contributed by atoms with Crippen LogP contribution in [0.15, 0.2) is 28.8 Å². The lowest BCUT2D eigenvalue weighted by molar-refractivity contribution is -0.147. The summed E-state index contributed by atoms with van der Waals surface area (Å²) in [6.45, 7) is 1.57. The van der Waals surface area contributed by atoms with Crippen molar-refractivity contribution in [1.82, 2.24) is 15.8 Å². The Labute approximate surface area is 125 Å². The van der Waals surface area contributed by atoms with Gasteiger partial charge in [-0.2, -0.15) is 0 Å². The molecule has 0 aliphatic rings. The number of nitrogens with one attached hydrogen (secondary N) is 2. The average molecular weight is 305 g/mol. The van der Waals surface area contributed by atoms with Gasteiger partial charge in [-0.05, 0) is 19.1 Å². The van der Waals surface area contributed by atoms with Gasteiger partial charge in [0.2, 0.25) is 0 Å². The maximum absolute atomic E-state index is 11.7. The van der Waals surface area contributed by atoms with E-state index in [0.29, 0.717) is 23.2 Å². The van der Waals surface area contributed by atoms with E-state index in [4.69, 9.17) is 9.26 Å². The molecule has 1 aromatic carbocycles. The Hall–Kier alpha value is -2.90. The Balaban J connectivity index is 1.83. The van der Waals surface area contributed by atoms with Crippen LogP contribution < -0.4 is 10.6 Å². The minimum Gasteiger partial charge on any atom is -0.455 e. The van der Waals surface area contributed by atoms with E-state index in [1.54, 1.807) is 31.2 Å². The van der Waals surface area contributed by atoms with Gasteiger partial charge in [0.15, 0.2) is 12.2 Å². The number of para-hydroxylation sites is 1. The van der Waals surface area contributed by atoms with Crippen LogP contribution in [0.1, 0.15) is 12.6 Å². The third-order valence-corrected chi connectivity index (χ3v) is 2.72. The van der Waals surface area contributed by atoms with Crippen molar-refractivity contribution in [3.63, 3.8) is 0 Å². The number of nitrogens with zero attached hydrogens (tertiary/aromatic N) is 1. The van der Waals surface area contributed by atoms with Crippen molar-refractivity contribution in [2.75, 3.05) is 13.2 Å². The van der Waals surface area contributed by atoms with Gasteiger partial charge >= 0.3 is 12.0 Å². The van der Waals surface area contributed by atoms with Crippen molar-refractivity contribution in [2.24, 2.45) is 0 Å². The van der Waals surface area contributed by atoms with Crippen molar-refractivity contribution in [3.8, 4) is 0 Å². The Morgan fingerprint density at radius 1 is 1.27 bits per heavy atom. The highest BCUT2D eigenvalue weighted by Gasteiger charge is 2.15. The minimum atomic E-state index is -0.704. The molecule has 0 unspecified atom stereocenters. The van der Waals surface area contributed by atoms with E-state index < -0.39 is 24.5 Å². The molecule has 0 saturated heterocycles. The number of ether oxygens (including phenoxy) is 1. The summed E-state index contributed by atoms with van der Waals surface area (Å²) in [5.41, 5.74) is 1.00. The molecule has 22 heavy (non-hydrogen) atoms. The zero-order chi connectivity index (χ0) is 15.9. The lowest BCUT2D eigenvalue weighted by atomic mass is 10.2. The number of fused-ring (bicyclic) bond motifs is 1. The normalized spacial score (nSPS) is 10.2. The van der Waals surface area contributed by atoms with E-state index >= 15 is 0 Å². The average Bonchev–Trinajstić information content (AvgIpc) is 2.89. The zero-order valence-corrected chi connectivity index (χ0v) is 11.9. The Bertz CT molecular complexity index is 695. The Morgan fingerprint density at radius 3 is 2.82 bits per heavy atom. The van der Waals surface area contributed by atoms with Crippen LogP contribution in [0.3, 0.4) is 0 Å². The summed E-state index contributed by atoms with van der Waals surface area (Å²) < 4.78 is 9.86. The number of esters is 1. The van der Waals surface area contributed by atoms with Crippen LogP contribution in [0.5, 0.6) is 0 Å².